The first kappa shape index (κ1) is 14.8. The molecule has 6 heteroatoms. The molecule has 1 aliphatic rings. The molecule has 4 nitrogen and oxygen atoms in total. The smallest absolute Gasteiger partial charge is 0.250 e. The fraction of sp³-hybridized carbons (Fsp3) is 0.429. The van der Waals surface area contributed by atoms with E-state index in [-0.39, 0.29) is 29.3 Å². The van der Waals surface area contributed by atoms with Crippen molar-refractivity contribution >= 4 is 29.1 Å². The highest BCUT2D eigenvalue weighted by Gasteiger charge is 2.36. The fourth-order valence-electron chi connectivity index (χ4n) is 2.16. The molecule has 108 valence electrons. The first-order chi connectivity index (χ1) is 9.43. The zero-order valence-electron chi connectivity index (χ0n) is 11.3. The van der Waals surface area contributed by atoms with Crippen molar-refractivity contribution in [2.75, 3.05) is 11.4 Å². The predicted octanol–water partition coefficient (Wildman–Crippen LogP) is 2.36. The lowest BCUT2D eigenvalue weighted by molar-refractivity contribution is -0.132. The third-order valence-corrected chi connectivity index (χ3v) is 3.87. The van der Waals surface area contributed by atoms with Crippen LogP contribution in [-0.2, 0) is 9.59 Å². The summed E-state index contributed by atoms with van der Waals surface area (Å²) in [7, 11) is 0. The van der Waals surface area contributed by atoms with E-state index in [1.165, 1.54) is 23.1 Å². The van der Waals surface area contributed by atoms with E-state index in [2.05, 4.69) is 5.32 Å². The quantitative estimate of drug-likeness (QED) is 0.931. The summed E-state index contributed by atoms with van der Waals surface area (Å²) >= 11 is 5.73. The van der Waals surface area contributed by atoms with Gasteiger partial charge in [-0.25, -0.2) is 4.39 Å². The maximum atomic E-state index is 13.2. The highest BCUT2D eigenvalue weighted by molar-refractivity contribution is 6.31. The molecule has 0 aromatic heterocycles. The first-order valence-corrected chi connectivity index (χ1v) is 6.87. The molecule has 1 N–H and O–H groups in total. The van der Waals surface area contributed by atoms with Gasteiger partial charge >= 0.3 is 0 Å². The van der Waals surface area contributed by atoms with Gasteiger partial charge in [0.1, 0.15) is 18.4 Å². The van der Waals surface area contributed by atoms with Gasteiger partial charge in [0.05, 0.1) is 5.02 Å². The Hall–Kier alpha value is -1.62. The van der Waals surface area contributed by atoms with Crippen LogP contribution in [0.25, 0.3) is 0 Å². The van der Waals surface area contributed by atoms with Gasteiger partial charge in [-0.05, 0) is 24.1 Å². The number of hydrogen-bond donors (Lipinski definition) is 1. The average Bonchev–Trinajstić information content (AvgIpc) is 2.43. The molecule has 0 radical (unpaired) electrons. The van der Waals surface area contributed by atoms with E-state index in [4.69, 9.17) is 11.6 Å². The maximum Gasteiger partial charge on any atom is 0.250 e. The highest BCUT2D eigenvalue weighted by Crippen LogP contribution is 2.25. The van der Waals surface area contributed by atoms with Crippen LogP contribution in [0.3, 0.4) is 0 Å². The Morgan fingerprint density at radius 1 is 1.50 bits per heavy atom. The Balaban J connectivity index is 2.32. The summed E-state index contributed by atoms with van der Waals surface area (Å²) in [6, 6.07) is 3.45. The molecule has 1 aliphatic heterocycles. The van der Waals surface area contributed by atoms with Gasteiger partial charge in [0.2, 0.25) is 11.8 Å². The van der Waals surface area contributed by atoms with Crippen molar-refractivity contribution in [3.05, 3.63) is 29.0 Å². The Kier molecular flexibility index (Phi) is 4.28. The van der Waals surface area contributed by atoms with E-state index >= 15 is 0 Å². The Morgan fingerprint density at radius 3 is 2.80 bits per heavy atom. The monoisotopic (exact) mass is 298 g/mol. The van der Waals surface area contributed by atoms with Crippen molar-refractivity contribution in [1.82, 2.24) is 5.32 Å². The third kappa shape index (κ3) is 2.77. The van der Waals surface area contributed by atoms with Crippen molar-refractivity contribution in [3.8, 4) is 0 Å². The van der Waals surface area contributed by atoms with Gasteiger partial charge in [-0.15, -0.1) is 0 Å². The normalized spacial score (nSPS) is 20.8. The molecule has 1 heterocycles. The number of anilines is 1. The number of rotatable bonds is 3. The number of piperazine rings is 1. The molecule has 1 saturated heterocycles. The van der Waals surface area contributed by atoms with Crippen molar-refractivity contribution in [2.45, 2.75) is 26.3 Å². The number of carbonyl (C=O) groups is 2. The van der Waals surface area contributed by atoms with Crippen LogP contribution in [-0.4, -0.2) is 24.4 Å². The number of nitrogens with zero attached hydrogens (tertiary/aromatic N) is 1. The summed E-state index contributed by atoms with van der Waals surface area (Å²) in [6.07, 6.45) is 0.773. The molecule has 2 unspecified atom stereocenters. The summed E-state index contributed by atoms with van der Waals surface area (Å²) in [4.78, 5) is 25.6. The van der Waals surface area contributed by atoms with Gasteiger partial charge in [-0.1, -0.05) is 31.9 Å². The minimum atomic E-state index is -0.553. The summed E-state index contributed by atoms with van der Waals surface area (Å²) < 4.78 is 13.2. The van der Waals surface area contributed by atoms with Crippen LogP contribution in [0, 0.1) is 11.7 Å². The maximum absolute atomic E-state index is 13.2. The zero-order chi connectivity index (χ0) is 14.9. The lowest BCUT2D eigenvalue weighted by Gasteiger charge is -2.35. The molecule has 20 heavy (non-hydrogen) atoms. The van der Waals surface area contributed by atoms with E-state index in [1.807, 2.05) is 13.8 Å². The Labute approximate surface area is 121 Å². The molecular weight excluding hydrogens is 283 g/mol. The average molecular weight is 299 g/mol. The number of amides is 2. The summed E-state index contributed by atoms with van der Waals surface area (Å²) in [5.41, 5.74) is 0.435. The standard InChI is InChI=1S/C14H16ClFN2O2/c1-3-8(2)13-14(20)18(7-12(19)17-13)9-4-5-11(16)10(15)6-9/h4-6,8,13H,3,7H2,1-2H3,(H,17,19). The van der Waals surface area contributed by atoms with Crippen molar-refractivity contribution in [2.24, 2.45) is 5.92 Å². The van der Waals surface area contributed by atoms with Crippen LogP contribution in [0.2, 0.25) is 5.02 Å². The van der Waals surface area contributed by atoms with E-state index in [1.54, 1.807) is 0 Å². The first-order valence-electron chi connectivity index (χ1n) is 6.49. The molecule has 1 aromatic rings. The molecule has 0 saturated carbocycles. The number of benzene rings is 1. The lowest BCUT2D eigenvalue weighted by atomic mass is 9.96. The molecule has 0 bridgehead atoms. The molecular formula is C14H16ClFN2O2. The largest absolute Gasteiger partial charge is 0.342 e. The van der Waals surface area contributed by atoms with Crippen LogP contribution < -0.4 is 10.2 Å². The molecule has 1 fully saturated rings. The second-order valence-electron chi connectivity index (χ2n) is 4.95. The fourth-order valence-corrected chi connectivity index (χ4v) is 2.34. The van der Waals surface area contributed by atoms with Crippen molar-refractivity contribution in [1.29, 1.82) is 0 Å². The van der Waals surface area contributed by atoms with E-state index in [9.17, 15) is 14.0 Å². The predicted molar refractivity (Wildman–Crippen MR) is 75.1 cm³/mol. The van der Waals surface area contributed by atoms with Gasteiger partial charge in [-0.3, -0.25) is 9.59 Å². The number of nitrogens with one attached hydrogen (secondary N) is 1. The SMILES string of the molecule is CCC(C)C1NC(=O)CN(c2ccc(F)c(Cl)c2)C1=O. The topological polar surface area (TPSA) is 49.4 Å². The van der Waals surface area contributed by atoms with Crippen LogP contribution in [0.4, 0.5) is 10.1 Å². The summed E-state index contributed by atoms with van der Waals surface area (Å²) in [5.74, 6) is -0.940. The Bertz CT molecular complexity index is 550. The molecule has 0 aliphatic carbocycles. The van der Waals surface area contributed by atoms with Gasteiger partial charge in [-0.2, -0.15) is 0 Å². The van der Waals surface area contributed by atoms with Crippen LogP contribution in [0.15, 0.2) is 18.2 Å². The van der Waals surface area contributed by atoms with Gasteiger partial charge in [0, 0.05) is 5.69 Å². The van der Waals surface area contributed by atoms with Gasteiger partial charge < -0.3 is 10.2 Å². The van der Waals surface area contributed by atoms with Crippen molar-refractivity contribution < 1.29 is 14.0 Å². The molecule has 2 rings (SSSR count). The van der Waals surface area contributed by atoms with Gasteiger partial charge in [0.15, 0.2) is 0 Å². The van der Waals surface area contributed by atoms with Crippen LogP contribution >= 0.6 is 11.6 Å². The molecule has 2 amide bonds. The number of halogens is 2. The van der Waals surface area contributed by atoms with Crippen LogP contribution in [0.5, 0.6) is 0 Å². The molecule has 2 atom stereocenters. The molecule has 1 aromatic carbocycles. The number of carbonyl (C=O) groups excluding carboxylic acids is 2. The van der Waals surface area contributed by atoms with E-state index in [0.717, 1.165) is 6.42 Å². The minimum absolute atomic E-state index is 0.0326. The van der Waals surface area contributed by atoms with E-state index < -0.39 is 11.9 Å². The molecule has 0 spiro atoms. The lowest BCUT2D eigenvalue weighted by Crippen LogP contribution is -2.60. The van der Waals surface area contributed by atoms with Gasteiger partial charge in [0.25, 0.3) is 0 Å². The Morgan fingerprint density at radius 2 is 2.20 bits per heavy atom. The second-order valence-corrected chi connectivity index (χ2v) is 5.36. The van der Waals surface area contributed by atoms with E-state index in [0.29, 0.717) is 5.69 Å². The number of hydrogen-bond acceptors (Lipinski definition) is 2. The van der Waals surface area contributed by atoms with Crippen molar-refractivity contribution in [3.63, 3.8) is 0 Å². The second kappa shape index (κ2) is 5.79. The minimum Gasteiger partial charge on any atom is -0.342 e. The zero-order valence-corrected chi connectivity index (χ0v) is 12.1. The van der Waals surface area contributed by atoms with Crippen LogP contribution in [0.1, 0.15) is 20.3 Å². The summed E-state index contributed by atoms with van der Waals surface area (Å²) in [5, 5.41) is 2.64. The highest BCUT2D eigenvalue weighted by atomic mass is 35.5. The third-order valence-electron chi connectivity index (χ3n) is 3.58. The summed E-state index contributed by atoms with van der Waals surface area (Å²) in [6.45, 7) is 3.79.